The molecule has 0 aromatic heterocycles. The Morgan fingerprint density at radius 2 is 1.52 bits per heavy atom. The number of nitrogens with one attached hydrogen (secondary N) is 1. The second-order valence-corrected chi connectivity index (χ2v) is 8.12. The molecular weight excluding hydrogens is 318 g/mol. The highest BCUT2D eigenvalue weighted by Crippen LogP contribution is 2.49. The molecule has 4 amide bonds. The fourth-order valence-corrected chi connectivity index (χ4v) is 5.35. The minimum Gasteiger partial charge on any atom is -0.320 e. The SMILES string of the molecule is C[C@@H]1CCC[C@H](C)N1C(=O)NCN1C(=O)[C@@H]2[C@@H](C1=O)[C@H]1C=C[C@H]2CC1. The number of piperidine rings is 1. The number of carbonyl (C=O) groups excluding carboxylic acids is 3. The molecule has 1 saturated carbocycles. The third kappa shape index (κ3) is 2.57. The Morgan fingerprint density at radius 3 is 2.00 bits per heavy atom. The monoisotopic (exact) mass is 345 g/mol. The van der Waals surface area contributed by atoms with Gasteiger partial charge in [-0.15, -0.1) is 0 Å². The summed E-state index contributed by atoms with van der Waals surface area (Å²) in [5.74, 6) is -0.242. The minimum atomic E-state index is -0.207. The largest absolute Gasteiger partial charge is 0.320 e. The maximum absolute atomic E-state index is 12.8. The van der Waals surface area contributed by atoms with Gasteiger partial charge in [0, 0.05) is 12.1 Å². The van der Waals surface area contributed by atoms with Gasteiger partial charge in [-0.3, -0.25) is 14.5 Å². The van der Waals surface area contributed by atoms with Gasteiger partial charge in [0.15, 0.2) is 0 Å². The van der Waals surface area contributed by atoms with Gasteiger partial charge in [0.25, 0.3) is 0 Å². The van der Waals surface area contributed by atoms with Crippen LogP contribution in [0.2, 0.25) is 0 Å². The molecule has 136 valence electrons. The molecule has 0 spiro atoms. The number of allylic oxidation sites excluding steroid dienone is 2. The van der Waals surface area contributed by atoms with Crippen molar-refractivity contribution in [3.05, 3.63) is 12.2 Å². The number of rotatable bonds is 2. The van der Waals surface area contributed by atoms with Gasteiger partial charge >= 0.3 is 6.03 Å². The molecule has 25 heavy (non-hydrogen) atoms. The molecular formula is C19H27N3O3. The Hall–Kier alpha value is -1.85. The van der Waals surface area contributed by atoms with Gasteiger partial charge < -0.3 is 10.2 Å². The first-order valence-electron chi connectivity index (χ1n) is 9.58. The van der Waals surface area contributed by atoms with Crippen molar-refractivity contribution in [3.8, 4) is 0 Å². The number of amides is 4. The molecule has 6 atom stereocenters. The lowest BCUT2D eigenvalue weighted by atomic mass is 9.63. The second kappa shape index (κ2) is 6.15. The summed E-state index contributed by atoms with van der Waals surface area (Å²) < 4.78 is 0. The lowest BCUT2D eigenvalue weighted by Crippen LogP contribution is -2.54. The van der Waals surface area contributed by atoms with E-state index >= 15 is 0 Å². The summed E-state index contributed by atoms with van der Waals surface area (Å²) in [5.41, 5.74) is 0. The van der Waals surface area contributed by atoms with Crippen LogP contribution >= 0.6 is 0 Å². The van der Waals surface area contributed by atoms with E-state index in [0.717, 1.165) is 32.1 Å². The maximum Gasteiger partial charge on any atom is 0.319 e. The van der Waals surface area contributed by atoms with Crippen molar-refractivity contribution in [2.45, 2.75) is 58.0 Å². The fourth-order valence-electron chi connectivity index (χ4n) is 5.35. The molecule has 5 rings (SSSR count). The number of fused-ring (bicyclic) bond motifs is 1. The summed E-state index contributed by atoms with van der Waals surface area (Å²) in [6.07, 6.45) is 9.33. The average Bonchev–Trinajstić information content (AvgIpc) is 2.87. The van der Waals surface area contributed by atoms with Gasteiger partial charge in [-0.2, -0.15) is 0 Å². The highest BCUT2D eigenvalue weighted by Gasteiger charge is 2.56. The number of hydrogen-bond donors (Lipinski definition) is 1. The molecule has 2 heterocycles. The average molecular weight is 345 g/mol. The number of likely N-dealkylation sites (tertiary alicyclic amines) is 2. The predicted molar refractivity (Wildman–Crippen MR) is 92.2 cm³/mol. The van der Waals surface area contributed by atoms with E-state index in [1.165, 1.54) is 4.90 Å². The first-order chi connectivity index (χ1) is 12.0. The van der Waals surface area contributed by atoms with E-state index in [1.54, 1.807) is 0 Å². The molecule has 6 heteroatoms. The van der Waals surface area contributed by atoms with Crippen LogP contribution in [0.15, 0.2) is 12.2 Å². The quantitative estimate of drug-likeness (QED) is 0.616. The summed E-state index contributed by atoms with van der Waals surface area (Å²) in [5, 5.41) is 2.83. The summed E-state index contributed by atoms with van der Waals surface area (Å²) in [4.78, 5) is 41.3. The smallest absolute Gasteiger partial charge is 0.319 e. The Kier molecular flexibility index (Phi) is 4.08. The molecule has 0 aromatic carbocycles. The zero-order valence-corrected chi connectivity index (χ0v) is 15.0. The van der Waals surface area contributed by atoms with Crippen molar-refractivity contribution < 1.29 is 14.4 Å². The van der Waals surface area contributed by atoms with Gasteiger partial charge in [0.1, 0.15) is 6.67 Å². The van der Waals surface area contributed by atoms with Crippen LogP contribution in [0.4, 0.5) is 4.79 Å². The summed E-state index contributed by atoms with van der Waals surface area (Å²) in [6, 6.07) is 0.212. The Balaban J connectivity index is 1.43. The molecule has 6 nitrogen and oxygen atoms in total. The van der Waals surface area contributed by atoms with Crippen molar-refractivity contribution in [3.63, 3.8) is 0 Å². The van der Waals surface area contributed by atoms with Crippen molar-refractivity contribution >= 4 is 17.8 Å². The molecule has 0 aromatic rings. The zero-order valence-electron chi connectivity index (χ0n) is 15.0. The molecule has 2 saturated heterocycles. The second-order valence-electron chi connectivity index (χ2n) is 8.12. The molecule has 5 aliphatic rings. The first-order valence-corrected chi connectivity index (χ1v) is 9.58. The van der Waals surface area contributed by atoms with Crippen molar-refractivity contribution in [1.29, 1.82) is 0 Å². The molecule has 3 aliphatic carbocycles. The van der Waals surface area contributed by atoms with Crippen LogP contribution in [-0.4, -0.2) is 46.4 Å². The first kappa shape index (κ1) is 16.6. The van der Waals surface area contributed by atoms with Crippen LogP contribution in [0.5, 0.6) is 0 Å². The lowest BCUT2D eigenvalue weighted by Gasteiger charge is -2.39. The summed E-state index contributed by atoms with van der Waals surface area (Å²) in [7, 11) is 0. The predicted octanol–water partition coefficient (Wildman–Crippen LogP) is 2.11. The third-order valence-electron chi connectivity index (χ3n) is 6.67. The standard InChI is InChI=1S/C19H27N3O3/c1-11-4-3-5-12(2)22(11)19(25)20-10-21-17(23)15-13-6-7-14(9-8-13)16(15)18(21)24/h6-7,11-16H,3-5,8-10H2,1-2H3,(H,20,25)/t11-,12+,13-,14-,15-,16-/m0/s1. The molecule has 3 fully saturated rings. The van der Waals surface area contributed by atoms with Crippen LogP contribution < -0.4 is 5.32 Å². The fraction of sp³-hybridized carbons (Fsp3) is 0.737. The lowest BCUT2D eigenvalue weighted by molar-refractivity contribution is -0.140. The van der Waals surface area contributed by atoms with E-state index in [1.807, 2.05) is 4.90 Å². The van der Waals surface area contributed by atoms with Crippen LogP contribution in [-0.2, 0) is 9.59 Å². The van der Waals surface area contributed by atoms with E-state index in [9.17, 15) is 14.4 Å². The molecule has 1 N–H and O–H groups in total. The maximum atomic E-state index is 12.8. The number of imide groups is 1. The molecule has 0 radical (unpaired) electrons. The third-order valence-corrected chi connectivity index (χ3v) is 6.67. The Bertz CT molecular complexity index is 589. The molecule has 0 unspecified atom stereocenters. The van der Waals surface area contributed by atoms with Gasteiger partial charge in [0.2, 0.25) is 11.8 Å². The van der Waals surface area contributed by atoms with Gasteiger partial charge in [-0.25, -0.2) is 4.79 Å². The van der Waals surface area contributed by atoms with Crippen LogP contribution in [0, 0.1) is 23.7 Å². The molecule has 2 bridgehead atoms. The highest BCUT2D eigenvalue weighted by molar-refractivity contribution is 6.06. The zero-order chi connectivity index (χ0) is 17.7. The number of carbonyl (C=O) groups is 3. The number of nitrogens with zero attached hydrogens (tertiary/aromatic N) is 2. The molecule has 2 aliphatic heterocycles. The van der Waals surface area contributed by atoms with E-state index < -0.39 is 0 Å². The number of urea groups is 1. The van der Waals surface area contributed by atoms with E-state index in [0.29, 0.717) is 0 Å². The van der Waals surface area contributed by atoms with Gasteiger partial charge in [0.05, 0.1) is 11.8 Å². The minimum absolute atomic E-state index is 0.00111. The van der Waals surface area contributed by atoms with E-state index in [4.69, 9.17) is 0 Å². The summed E-state index contributed by atoms with van der Waals surface area (Å²) >= 11 is 0. The van der Waals surface area contributed by atoms with E-state index in [-0.39, 0.29) is 60.3 Å². The van der Waals surface area contributed by atoms with Crippen LogP contribution in [0.3, 0.4) is 0 Å². The number of hydrogen-bond acceptors (Lipinski definition) is 3. The van der Waals surface area contributed by atoms with Crippen molar-refractivity contribution in [2.75, 3.05) is 6.67 Å². The van der Waals surface area contributed by atoms with Crippen LogP contribution in [0.25, 0.3) is 0 Å². The summed E-state index contributed by atoms with van der Waals surface area (Å²) in [6.45, 7) is 4.11. The van der Waals surface area contributed by atoms with Crippen molar-refractivity contribution in [2.24, 2.45) is 23.7 Å². The topological polar surface area (TPSA) is 69.7 Å². The van der Waals surface area contributed by atoms with E-state index in [2.05, 4.69) is 31.3 Å². The van der Waals surface area contributed by atoms with Crippen LogP contribution in [0.1, 0.15) is 46.0 Å². The highest BCUT2D eigenvalue weighted by atomic mass is 16.2. The van der Waals surface area contributed by atoms with Gasteiger partial charge in [-0.05, 0) is 57.8 Å². The van der Waals surface area contributed by atoms with Crippen molar-refractivity contribution in [1.82, 2.24) is 15.1 Å². The van der Waals surface area contributed by atoms with Gasteiger partial charge in [-0.1, -0.05) is 12.2 Å². The Morgan fingerprint density at radius 1 is 1.00 bits per heavy atom. The Labute approximate surface area is 148 Å². The normalized spacial score (nSPS) is 39.8.